The van der Waals surface area contributed by atoms with E-state index in [1.54, 1.807) is 19.3 Å². The minimum atomic E-state index is -0.415. The van der Waals surface area contributed by atoms with E-state index >= 15 is 0 Å². The molecule has 1 fully saturated rings. The average Bonchev–Trinajstić information content (AvgIpc) is 3.21. The van der Waals surface area contributed by atoms with Crippen LogP contribution in [-0.4, -0.2) is 41.7 Å². The van der Waals surface area contributed by atoms with Crippen LogP contribution in [0.15, 0.2) is 53.3 Å². The summed E-state index contributed by atoms with van der Waals surface area (Å²) in [5, 5.41) is 0.976. The van der Waals surface area contributed by atoms with Gasteiger partial charge in [0.25, 0.3) is 0 Å². The number of pyridine rings is 2. The Morgan fingerprint density at radius 2 is 2.10 bits per heavy atom. The lowest BCUT2D eigenvalue weighted by Crippen LogP contribution is -2.34. The molecule has 3 aromatic rings. The summed E-state index contributed by atoms with van der Waals surface area (Å²) >= 11 is 3.44. The van der Waals surface area contributed by atoms with Gasteiger partial charge in [-0.05, 0) is 56.2 Å². The molecule has 7 heteroatoms. The van der Waals surface area contributed by atoms with Crippen molar-refractivity contribution in [3.05, 3.63) is 59.0 Å². The van der Waals surface area contributed by atoms with Crippen LogP contribution >= 0.6 is 15.9 Å². The zero-order valence-corrected chi connectivity index (χ0v) is 17.8. The lowest BCUT2D eigenvalue weighted by atomic mass is 10.1. The number of aromatic nitrogens is 2. The molecule has 150 valence electrons. The standard InChI is InChI=1S/C22H22BrN3O3/c1-2-28-22(27)19-12-21(18-9-10-24-13-20(18)25-19)26-11-3-4-16(26)14-29-17-7-5-15(23)6-8-17/h5-10,12-13,16H,2-4,11,14H2,1H3/t16-/m0/s1. The van der Waals surface area contributed by atoms with Gasteiger partial charge in [-0.1, -0.05) is 15.9 Å². The zero-order chi connectivity index (χ0) is 20.2. The predicted molar refractivity (Wildman–Crippen MR) is 115 cm³/mol. The van der Waals surface area contributed by atoms with Crippen molar-refractivity contribution < 1.29 is 14.3 Å². The highest BCUT2D eigenvalue weighted by atomic mass is 79.9. The molecule has 1 atom stereocenters. The van der Waals surface area contributed by atoms with Gasteiger partial charge in [0.2, 0.25) is 0 Å². The maximum Gasteiger partial charge on any atom is 0.357 e. The number of carbonyl (C=O) groups is 1. The number of carbonyl (C=O) groups excluding carboxylic acids is 1. The van der Waals surface area contributed by atoms with E-state index in [9.17, 15) is 4.79 Å². The van der Waals surface area contributed by atoms with Gasteiger partial charge in [-0.2, -0.15) is 0 Å². The number of hydrogen-bond acceptors (Lipinski definition) is 6. The maximum atomic E-state index is 12.3. The van der Waals surface area contributed by atoms with E-state index in [1.165, 1.54) is 0 Å². The number of ether oxygens (including phenoxy) is 2. The zero-order valence-electron chi connectivity index (χ0n) is 16.2. The number of nitrogens with zero attached hydrogens (tertiary/aromatic N) is 3. The number of benzene rings is 1. The second-order valence-corrected chi connectivity index (χ2v) is 7.81. The van der Waals surface area contributed by atoms with Gasteiger partial charge < -0.3 is 14.4 Å². The molecule has 0 amide bonds. The van der Waals surface area contributed by atoms with Crippen LogP contribution in [0, 0.1) is 0 Å². The molecule has 1 aliphatic heterocycles. The van der Waals surface area contributed by atoms with Crippen LogP contribution in [0.1, 0.15) is 30.3 Å². The fourth-order valence-electron chi connectivity index (χ4n) is 3.66. The Labute approximate surface area is 178 Å². The molecule has 3 heterocycles. The molecule has 6 nitrogen and oxygen atoms in total. The summed E-state index contributed by atoms with van der Waals surface area (Å²) in [6, 6.07) is 11.8. The molecule has 0 spiro atoms. The first-order chi connectivity index (χ1) is 14.2. The highest BCUT2D eigenvalue weighted by molar-refractivity contribution is 9.10. The van der Waals surface area contributed by atoms with E-state index in [4.69, 9.17) is 9.47 Å². The van der Waals surface area contributed by atoms with Crippen LogP contribution in [0.2, 0.25) is 0 Å². The minimum absolute atomic E-state index is 0.215. The summed E-state index contributed by atoms with van der Waals surface area (Å²) in [6.45, 7) is 3.58. The average molecular weight is 456 g/mol. The second kappa shape index (κ2) is 8.78. The first-order valence-electron chi connectivity index (χ1n) is 9.72. The van der Waals surface area contributed by atoms with Crippen LogP contribution in [-0.2, 0) is 4.74 Å². The Bertz CT molecular complexity index is 1010. The second-order valence-electron chi connectivity index (χ2n) is 6.89. The van der Waals surface area contributed by atoms with Crippen LogP contribution < -0.4 is 9.64 Å². The summed E-state index contributed by atoms with van der Waals surface area (Å²) in [7, 11) is 0. The highest BCUT2D eigenvalue weighted by Gasteiger charge is 2.28. The number of anilines is 1. The fourth-order valence-corrected chi connectivity index (χ4v) is 3.92. The molecular formula is C22H22BrN3O3. The van der Waals surface area contributed by atoms with Gasteiger partial charge >= 0.3 is 5.97 Å². The van der Waals surface area contributed by atoms with Gasteiger partial charge in [0.1, 0.15) is 12.4 Å². The van der Waals surface area contributed by atoms with Crippen molar-refractivity contribution in [2.45, 2.75) is 25.8 Å². The Balaban J connectivity index is 1.62. The molecule has 29 heavy (non-hydrogen) atoms. The number of halogens is 1. The van der Waals surface area contributed by atoms with Crippen molar-refractivity contribution in [3.8, 4) is 5.75 Å². The minimum Gasteiger partial charge on any atom is -0.491 e. The molecule has 0 aliphatic carbocycles. The molecule has 0 N–H and O–H groups in total. The Hall–Kier alpha value is -2.67. The summed E-state index contributed by atoms with van der Waals surface area (Å²) in [5.74, 6) is 0.428. The third-order valence-electron chi connectivity index (χ3n) is 5.02. The number of hydrogen-bond donors (Lipinski definition) is 0. The van der Waals surface area contributed by atoms with Gasteiger partial charge in [-0.3, -0.25) is 4.98 Å². The van der Waals surface area contributed by atoms with Crippen molar-refractivity contribution in [2.24, 2.45) is 0 Å². The lowest BCUT2D eigenvalue weighted by Gasteiger charge is -2.28. The van der Waals surface area contributed by atoms with E-state index < -0.39 is 5.97 Å². The van der Waals surface area contributed by atoms with E-state index in [1.807, 2.05) is 36.4 Å². The SMILES string of the molecule is CCOC(=O)c1cc(N2CCC[C@H]2COc2ccc(Br)cc2)c2ccncc2n1. The molecule has 1 aromatic carbocycles. The van der Waals surface area contributed by atoms with Gasteiger partial charge in [0.05, 0.1) is 24.4 Å². The summed E-state index contributed by atoms with van der Waals surface area (Å²) in [4.78, 5) is 23.3. The molecular weight excluding hydrogens is 434 g/mol. The third kappa shape index (κ3) is 4.34. The molecule has 0 bridgehead atoms. The summed E-state index contributed by atoms with van der Waals surface area (Å²) < 4.78 is 12.2. The third-order valence-corrected chi connectivity index (χ3v) is 5.55. The van der Waals surface area contributed by atoms with Crippen molar-refractivity contribution in [2.75, 3.05) is 24.7 Å². The quantitative estimate of drug-likeness (QED) is 0.505. The van der Waals surface area contributed by atoms with E-state index in [0.717, 1.165) is 40.7 Å². The Kier molecular flexibility index (Phi) is 5.94. The van der Waals surface area contributed by atoms with Crippen LogP contribution in [0.4, 0.5) is 5.69 Å². The van der Waals surface area contributed by atoms with Crippen LogP contribution in [0.5, 0.6) is 5.75 Å². The van der Waals surface area contributed by atoms with E-state index in [2.05, 4.69) is 30.8 Å². The molecule has 0 unspecified atom stereocenters. The molecule has 1 aliphatic rings. The van der Waals surface area contributed by atoms with Crippen molar-refractivity contribution in [1.29, 1.82) is 0 Å². The van der Waals surface area contributed by atoms with Crippen molar-refractivity contribution in [3.63, 3.8) is 0 Å². The van der Waals surface area contributed by atoms with Crippen molar-refractivity contribution in [1.82, 2.24) is 9.97 Å². The van der Waals surface area contributed by atoms with E-state index in [0.29, 0.717) is 24.4 Å². The maximum absolute atomic E-state index is 12.3. The van der Waals surface area contributed by atoms with Crippen LogP contribution in [0.25, 0.3) is 10.9 Å². The number of esters is 1. The van der Waals surface area contributed by atoms with Crippen molar-refractivity contribution >= 4 is 38.5 Å². The number of rotatable bonds is 6. The van der Waals surface area contributed by atoms with E-state index in [-0.39, 0.29) is 6.04 Å². The molecule has 1 saturated heterocycles. The first-order valence-corrected chi connectivity index (χ1v) is 10.5. The lowest BCUT2D eigenvalue weighted by molar-refractivity contribution is 0.0520. The first kappa shape index (κ1) is 19.6. The predicted octanol–water partition coefficient (Wildman–Crippen LogP) is 4.62. The Morgan fingerprint density at radius 3 is 2.90 bits per heavy atom. The molecule has 0 radical (unpaired) electrons. The summed E-state index contributed by atoms with van der Waals surface area (Å²) in [6.07, 6.45) is 5.53. The van der Waals surface area contributed by atoms with Gasteiger partial charge in [0.15, 0.2) is 5.69 Å². The monoisotopic (exact) mass is 455 g/mol. The van der Waals surface area contributed by atoms with Gasteiger partial charge in [0, 0.05) is 28.3 Å². The van der Waals surface area contributed by atoms with Crippen LogP contribution in [0.3, 0.4) is 0 Å². The highest BCUT2D eigenvalue weighted by Crippen LogP contribution is 2.32. The fraction of sp³-hybridized carbons (Fsp3) is 0.318. The summed E-state index contributed by atoms with van der Waals surface area (Å²) in [5.41, 5.74) is 1.97. The molecule has 2 aromatic heterocycles. The largest absolute Gasteiger partial charge is 0.491 e. The van der Waals surface area contributed by atoms with Gasteiger partial charge in [-0.25, -0.2) is 9.78 Å². The Morgan fingerprint density at radius 1 is 1.28 bits per heavy atom. The molecule has 0 saturated carbocycles. The molecule has 4 rings (SSSR count). The smallest absolute Gasteiger partial charge is 0.357 e. The number of fused-ring (bicyclic) bond motifs is 1. The normalized spacial score (nSPS) is 16.2. The topological polar surface area (TPSA) is 64.5 Å². The van der Waals surface area contributed by atoms with Gasteiger partial charge in [-0.15, -0.1) is 0 Å².